The summed E-state index contributed by atoms with van der Waals surface area (Å²) in [5, 5.41) is 1.79. The highest BCUT2D eigenvalue weighted by atomic mass is 32.2. The molecule has 0 unspecified atom stereocenters. The van der Waals surface area contributed by atoms with Gasteiger partial charge in [-0.1, -0.05) is 18.9 Å². The Morgan fingerprint density at radius 2 is 1.78 bits per heavy atom. The topological polar surface area (TPSA) is 60.9 Å². The fraction of sp³-hybridized carbons (Fsp3) is 0.737. The van der Waals surface area contributed by atoms with Crippen LogP contribution < -0.4 is 0 Å². The Morgan fingerprint density at radius 3 is 2.52 bits per heavy atom. The molecule has 1 amide bonds. The van der Waals surface area contributed by atoms with Crippen LogP contribution in [0.1, 0.15) is 38.5 Å². The number of piperazine rings is 1. The number of carbonyl (C=O) groups excluding carboxylic acids is 1. The highest BCUT2D eigenvalue weighted by Crippen LogP contribution is 2.35. The average Bonchev–Trinajstić information content (AvgIpc) is 3.24. The molecular weight excluding hydrogens is 382 g/mol. The lowest BCUT2D eigenvalue weighted by Gasteiger charge is -2.45. The van der Waals surface area contributed by atoms with E-state index in [1.54, 1.807) is 21.8 Å². The molecular formula is C19H29N3O3S2. The van der Waals surface area contributed by atoms with Crippen molar-refractivity contribution in [3.05, 3.63) is 17.5 Å². The van der Waals surface area contributed by atoms with E-state index in [0.29, 0.717) is 48.9 Å². The van der Waals surface area contributed by atoms with Crippen LogP contribution >= 0.6 is 11.3 Å². The number of likely N-dealkylation sites (tertiary alicyclic amines) is 1. The number of rotatable bonds is 4. The zero-order valence-electron chi connectivity index (χ0n) is 15.8. The molecule has 1 aromatic heterocycles. The van der Waals surface area contributed by atoms with Crippen molar-refractivity contribution in [1.29, 1.82) is 0 Å². The SMILES string of the molecule is O=C(CN1CCN(S(=O)(=O)c2cccs2)CC1)N1CCC[C@H]2CCCC[C@H]21. The quantitative estimate of drug-likeness (QED) is 0.762. The van der Waals surface area contributed by atoms with Gasteiger partial charge < -0.3 is 4.90 Å². The molecule has 8 heteroatoms. The van der Waals surface area contributed by atoms with Crippen molar-refractivity contribution in [2.24, 2.45) is 5.92 Å². The minimum absolute atomic E-state index is 0.237. The number of hydrogen-bond donors (Lipinski definition) is 0. The summed E-state index contributed by atoms with van der Waals surface area (Å²) >= 11 is 1.26. The lowest BCUT2D eigenvalue weighted by atomic mass is 9.78. The van der Waals surface area contributed by atoms with Crippen LogP contribution in [0.15, 0.2) is 21.7 Å². The minimum atomic E-state index is -3.38. The molecule has 1 aliphatic carbocycles. The van der Waals surface area contributed by atoms with Gasteiger partial charge in [-0.3, -0.25) is 9.69 Å². The van der Waals surface area contributed by atoms with Gasteiger partial charge in [-0.15, -0.1) is 11.3 Å². The third-order valence-electron chi connectivity index (χ3n) is 6.34. The summed E-state index contributed by atoms with van der Waals surface area (Å²) in [6.45, 7) is 3.48. The van der Waals surface area contributed by atoms with Crippen LogP contribution in [0, 0.1) is 5.92 Å². The number of amides is 1. The van der Waals surface area contributed by atoms with Crippen LogP contribution in [-0.4, -0.2) is 73.7 Å². The van der Waals surface area contributed by atoms with Crippen molar-refractivity contribution in [3.63, 3.8) is 0 Å². The second-order valence-corrected chi connectivity index (χ2v) is 11.1. The maximum absolute atomic E-state index is 12.9. The normalized spacial score (nSPS) is 28.1. The number of piperidine rings is 1. The summed E-state index contributed by atoms with van der Waals surface area (Å²) in [5.74, 6) is 0.936. The third-order valence-corrected chi connectivity index (χ3v) is 9.61. The maximum atomic E-state index is 12.9. The molecule has 1 saturated carbocycles. The highest BCUT2D eigenvalue weighted by molar-refractivity contribution is 7.91. The third kappa shape index (κ3) is 4.09. The first-order chi connectivity index (χ1) is 13.1. The predicted octanol–water partition coefficient (Wildman–Crippen LogP) is 2.24. The molecule has 2 atom stereocenters. The van der Waals surface area contributed by atoms with Crippen LogP contribution in [0.5, 0.6) is 0 Å². The Bertz CT molecular complexity index is 740. The first-order valence-corrected chi connectivity index (χ1v) is 12.4. The fourth-order valence-electron chi connectivity index (χ4n) is 4.88. The summed E-state index contributed by atoms with van der Waals surface area (Å²) in [4.78, 5) is 17.2. The van der Waals surface area contributed by atoms with Gasteiger partial charge in [0, 0.05) is 38.8 Å². The van der Waals surface area contributed by atoms with E-state index in [-0.39, 0.29) is 5.91 Å². The van der Waals surface area contributed by atoms with E-state index in [1.165, 1.54) is 37.0 Å². The van der Waals surface area contributed by atoms with Gasteiger partial charge in [0.1, 0.15) is 4.21 Å². The van der Waals surface area contributed by atoms with Crippen LogP contribution in [-0.2, 0) is 14.8 Å². The molecule has 3 aliphatic rings. The zero-order chi connectivity index (χ0) is 18.9. The molecule has 3 heterocycles. The largest absolute Gasteiger partial charge is 0.338 e. The lowest BCUT2D eigenvalue weighted by molar-refractivity contribution is -0.139. The van der Waals surface area contributed by atoms with E-state index in [0.717, 1.165) is 19.4 Å². The number of sulfonamides is 1. The number of thiophene rings is 1. The molecule has 4 rings (SSSR count). The average molecular weight is 412 g/mol. The van der Waals surface area contributed by atoms with Gasteiger partial charge in [0.15, 0.2) is 0 Å². The molecule has 3 fully saturated rings. The van der Waals surface area contributed by atoms with Crippen LogP contribution in [0.25, 0.3) is 0 Å². The molecule has 27 heavy (non-hydrogen) atoms. The van der Waals surface area contributed by atoms with Crippen molar-refractivity contribution in [2.75, 3.05) is 39.3 Å². The summed E-state index contributed by atoms with van der Waals surface area (Å²) in [6.07, 6.45) is 7.37. The highest BCUT2D eigenvalue weighted by Gasteiger charge is 2.36. The second kappa shape index (κ2) is 8.19. The first kappa shape index (κ1) is 19.4. The molecule has 1 aromatic rings. The maximum Gasteiger partial charge on any atom is 0.252 e. The van der Waals surface area contributed by atoms with Gasteiger partial charge in [-0.2, -0.15) is 4.31 Å². The van der Waals surface area contributed by atoms with E-state index in [4.69, 9.17) is 0 Å². The van der Waals surface area contributed by atoms with Gasteiger partial charge in [-0.25, -0.2) is 8.42 Å². The van der Waals surface area contributed by atoms with Crippen LogP contribution in [0.2, 0.25) is 0 Å². The van der Waals surface area contributed by atoms with Crippen molar-refractivity contribution >= 4 is 27.3 Å². The van der Waals surface area contributed by atoms with E-state index in [1.807, 2.05) is 0 Å². The number of hydrogen-bond acceptors (Lipinski definition) is 5. The smallest absolute Gasteiger partial charge is 0.252 e. The standard InChI is InChI=1S/C19H29N3O3S2/c23-18(22-9-3-6-16-5-1-2-7-17(16)22)15-20-10-12-21(13-11-20)27(24,25)19-8-4-14-26-19/h4,8,14,16-17H,1-3,5-7,9-13,15H2/t16-,17-/m1/s1. The molecule has 0 spiro atoms. The predicted molar refractivity (Wildman–Crippen MR) is 106 cm³/mol. The Labute approximate surface area is 166 Å². The molecule has 0 aromatic carbocycles. The van der Waals surface area contributed by atoms with E-state index in [2.05, 4.69) is 9.80 Å². The van der Waals surface area contributed by atoms with Crippen LogP contribution in [0.3, 0.4) is 0 Å². The molecule has 150 valence electrons. The Hall–Kier alpha value is -0.960. The number of fused-ring (bicyclic) bond motifs is 1. The molecule has 0 N–H and O–H groups in total. The molecule has 0 bridgehead atoms. The van der Waals surface area contributed by atoms with Gasteiger partial charge in [0.2, 0.25) is 5.91 Å². The van der Waals surface area contributed by atoms with Gasteiger partial charge in [-0.05, 0) is 43.0 Å². The molecule has 2 saturated heterocycles. The van der Waals surface area contributed by atoms with Crippen molar-refractivity contribution < 1.29 is 13.2 Å². The van der Waals surface area contributed by atoms with Crippen molar-refractivity contribution in [3.8, 4) is 0 Å². The van der Waals surface area contributed by atoms with E-state index in [9.17, 15) is 13.2 Å². The number of carbonyl (C=O) groups is 1. The van der Waals surface area contributed by atoms with Crippen molar-refractivity contribution in [1.82, 2.24) is 14.1 Å². The molecule has 0 radical (unpaired) electrons. The summed E-state index contributed by atoms with van der Waals surface area (Å²) < 4.78 is 27.2. The summed E-state index contributed by atoms with van der Waals surface area (Å²) in [5.41, 5.74) is 0. The Kier molecular flexibility index (Phi) is 5.87. The zero-order valence-corrected chi connectivity index (χ0v) is 17.4. The summed E-state index contributed by atoms with van der Waals surface area (Å²) in [6, 6.07) is 3.87. The fourth-order valence-corrected chi connectivity index (χ4v) is 7.45. The Morgan fingerprint density at radius 1 is 1.04 bits per heavy atom. The lowest BCUT2D eigenvalue weighted by Crippen LogP contribution is -2.55. The van der Waals surface area contributed by atoms with E-state index >= 15 is 0 Å². The first-order valence-electron chi connectivity index (χ1n) is 10.1. The second-order valence-electron chi connectivity index (χ2n) is 7.95. The minimum Gasteiger partial charge on any atom is -0.338 e. The van der Waals surface area contributed by atoms with Gasteiger partial charge >= 0.3 is 0 Å². The van der Waals surface area contributed by atoms with Crippen LogP contribution in [0.4, 0.5) is 0 Å². The monoisotopic (exact) mass is 411 g/mol. The van der Waals surface area contributed by atoms with Crippen molar-refractivity contribution in [2.45, 2.75) is 48.8 Å². The summed E-state index contributed by atoms with van der Waals surface area (Å²) in [7, 11) is -3.38. The van der Waals surface area contributed by atoms with E-state index < -0.39 is 10.0 Å². The Balaban J connectivity index is 1.32. The molecule has 2 aliphatic heterocycles. The van der Waals surface area contributed by atoms with Gasteiger partial charge in [0.25, 0.3) is 10.0 Å². The molecule has 6 nitrogen and oxygen atoms in total. The van der Waals surface area contributed by atoms with Gasteiger partial charge in [0.05, 0.1) is 6.54 Å². The number of nitrogens with zero attached hydrogens (tertiary/aromatic N) is 3.